The van der Waals surface area contributed by atoms with Crippen LogP contribution in [0.3, 0.4) is 0 Å². The van der Waals surface area contributed by atoms with E-state index in [-0.39, 0.29) is 17.4 Å². The summed E-state index contributed by atoms with van der Waals surface area (Å²) in [5.41, 5.74) is 0. The van der Waals surface area contributed by atoms with Gasteiger partial charge in [-0.2, -0.15) is 11.8 Å². The topological polar surface area (TPSA) is 60.9 Å². The summed E-state index contributed by atoms with van der Waals surface area (Å²) >= 11 is 3.37. The molecule has 0 spiro atoms. The van der Waals surface area contributed by atoms with E-state index in [1.165, 1.54) is 16.7 Å². The van der Waals surface area contributed by atoms with Crippen molar-refractivity contribution in [2.45, 2.75) is 31.3 Å². The van der Waals surface area contributed by atoms with Crippen LogP contribution in [0.1, 0.15) is 13.8 Å². The number of hydrogen-bond donors (Lipinski definition) is 1. The molecule has 2 saturated heterocycles. The van der Waals surface area contributed by atoms with Gasteiger partial charge in [0.25, 0.3) is 0 Å². The van der Waals surface area contributed by atoms with Crippen LogP contribution in [0.25, 0.3) is 0 Å². The van der Waals surface area contributed by atoms with Crippen LogP contribution in [0.5, 0.6) is 0 Å². The van der Waals surface area contributed by atoms with Gasteiger partial charge in [-0.1, -0.05) is 0 Å². The number of nitrogens with zero attached hydrogens (tertiary/aromatic N) is 2. The summed E-state index contributed by atoms with van der Waals surface area (Å²) in [5.74, 6) is 1.44. The van der Waals surface area contributed by atoms with Crippen molar-refractivity contribution >= 4 is 35.5 Å². The second-order valence-electron chi connectivity index (χ2n) is 4.59. The highest BCUT2D eigenvalue weighted by Gasteiger charge is 2.42. The van der Waals surface area contributed by atoms with Crippen molar-refractivity contribution in [1.82, 2.24) is 9.80 Å². The molecule has 5 nitrogen and oxygen atoms in total. The molecule has 2 heterocycles. The maximum atomic E-state index is 12.5. The molecule has 102 valence electrons. The summed E-state index contributed by atoms with van der Waals surface area (Å²) in [5, 5.41) is 9.13. The Morgan fingerprint density at radius 1 is 1.28 bits per heavy atom. The third kappa shape index (κ3) is 2.56. The van der Waals surface area contributed by atoms with Gasteiger partial charge in [-0.3, -0.25) is 4.90 Å². The third-order valence-corrected chi connectivity index (χ3v) is 5.75. The van der Waals surface area contributed by atoms with E-state index in [2.05, 4.69) is 0 Å². The second kappa shape index (κ2) is 5.61. The molecule has 7 heteroatoms. The summed E-state index contributed by atoms with van der Waals surface area (Å²) in [7, 11) is 0. The van der Waals surface area contributed by atoms with Gasteiger partial charge in [-0.05, 0) is 13.8 Å². The average Bonchev–Trinajstić information content (AvgIpc) is 2.71. The van der Waals surface area contributed by atoms with E-state index in [0.29, 0.717) is 12.3 Å². The highest BCUT2D eigenvalue weighted by Crippen LogP contribution is 2.31. The molecule has 0 aromatic rings. The minimum absolute atomic E-state index is 0.0552. The first-order valence-corrected chi connectivity index (χ1v) is 8.23. The van der Waals surface area contributed by atoms with Crippen LogP contribution in [0.15, 0.2) is 0 Å². The number of carbonyl (C=O) groups is 2. The van der Waals surface area contributed by atoms with Crippen molar-refractivity contribution < 1.29 is 14.7 Å². The Morgan fingerprint density at radius 2 is 2.00 bits per heavy atom. The molecule has 0 aliphatic carbocycles. The zero-order chi connectivity index (χ0) is 13.3. The Morgan fingerprint density at radius 3 is 2.61 bits per heavy atom. The first kappa shape index (κ1) is 13.9. The number of hydrogen-bond acceptors (Lipinski definition) is 4. The standard InChI is InChI=1S/C11H18N2O3S2/c1-7-5-17-4-3-12(7)11(16)13-8(2)18-6-9(13)10(14)15/h7-9H,3-6H2,1-2H3,(H,14,15). The lowest BCUT2D eigenvalue weighted by atomic mass is 10.2. The van der Waals surface area contributed by atoms with Gasteiger partial charge in [0, 0.05) is 29.8 Å². The van der Waals surface area contributed by atoms with Gasteiger partial charge in [0.05, 0.1) is 5.37 Å². The molecular weight excluding hydrogens is 272 g/mol. The fourth-order valence-electron chi connectivity index (χ4n) is 2.28. The van der Waals surface area contributed by atoms with Crippen LogP contribution in [-0.2, 0) is 4.79 Å². The molecule has 18 heavy (non-hydrogen) atoms. The lowest BCUT2D eigenvalue weighted by Crippen LogP contribution is -2.55. The van der Waals surface area contributed by atoms with Gasteiger partial charge in [0.1, 0.15) is 6.04 Å². The third-order valence-electron chi connectivity index (χ3n) is 3.34. The highest BCUT2D eigenvalue weighted by molar-refractivity contribution is 8.00. The zero-order valence-electron chi connectivity index (χ0n) is 10.5. The molecule has 0 aromatic heterocycles. The Bertz CT molecular complexity index is 353. The maximum Gasteiger partial charge on any atom is 0.327 e. The van der Waals surface area contributed by atoms with Crippen LogP contribution in [0.4, 0.5) is 4.79 Å². The number of carboxylic acid groups (broad SMARTS) is 1. The summed E-state index contributed by atoms with van der Waals surface area (Å²) in [6.07, 6.45) is 0. The minimum Gasteiger partial charge on any atom is -0.480 e. The van der Waals surface area contributed by atoms with Crippen molar-refractivity contribution in [2.75, 3.05) is 23.8 Å². The molecule has 2 rings (SSSR count). The predicted octanol–water partition coefficient (Wildman–Crippen LogP) is 1.39. The monoisotopic (exact) mass is 290 g/mol. The first-order chi connectivity index (χ1) is 8.52. The normalized spacial score (nSPS) is 32.7. The summed E-state index contributed by atoms with van der Waals surface area (Å²) in [4.78, 5) is 27.0. The SMILES string of the molecule is CC1CSCCN1C(=O)N1C(C)SCC1C(=O)O. The number of amides is 2. The first-order valence-electron chi connectivity index (χ1n) is 6.03. The molecule has 2 aliphatic rings. The van der Waals surface area contributed by atoms with Crippen molar-refractivity contribution in [3.8, 4) is 0 Å². The number of rotatable bonds is 1. The minimum atomic E-state index is -0.903. The van der Waals surface area contributed by atoms with Gasteiger partial charge in [-0.15, -0.1) is 11.8 Å². The number of carboxylic acids is 1. The van der Waals surface area contributed by atoms with Crippen molar-refractivity contribution in [3.05, 3.63) is 0 Å². The van der Waals surface area contributed by atoms with Crippen LogP contribution in [0, 0.1) is 0 Å². The van der Waals surface area contributed by atoms with Crippen LogP contribution in [-0.4, -0.2) is 68.2 Å². The second-order valence-corrected chi connectivity index (χ2v) is 7.09. The number of thioether (sulfide) groups is 2. The van der Waals surface area contributed by atoms with Crippen molar-refractivity contribution in [1.29, 1.82) is 0 Å². The number of aliphatic carboxylic acids is 1. The van der Waals surface area contributed by atoms with E-state index < -0.39 is 12.0 Å². The Hall–Kier alpha value is -0.560. The van der Waals surface area contributed by atoms with E-state index in [9.17, 15) is 14.7 Å². The Kier molecular flexibility index (Phi) is 4.32. The van der Waals surface area contributed by atoms with Crippen LogP contribution < -0.4 is 0 Å². The van der Waals surface area contributed by atoms with E-state index in [1.54, 1.807) is 0 Å². The fourth-order valence-corrected chi connectivity index (χ4v) is 4.46. The molecule has 0 aromatic carbocycles. The van der Waals surface area contributed by atoms with E-state index in [0.717, 1.165) is 11.5 Å². The lowest BCUT2D eigenvalue weighted by molar-refractivity contribution is -0.141. The fraction of sp³-hybridized carbons (Fsp3) is 0.818. The molecule has 0 saturated carbocycles. The number of urea groups is 1. The van der Waals surface area contributed by atoms with Gasteiger partial charge in [0.15, 0.2) is 0 Å². The average molecular weight is 290 g/mol. The molecule has 3 atom stereocenters. The van der Waals surface area contributed by atoms with E-state index >= 15 is 0 Å². The number of carbonyl (C=O) groups excluding carboxylic acids is 1. The molecule has 2 fully saturated rings. The maximum absolute atomic E-state index is 12.5. The quantitative estimate of drug-likeness (QED) is 0.791. The smallest absolute Gasteiger partial charge is 0.327 e. The van der Waals surface area contributed by atoms with Crippen molar-refractivity contribution in [2.24, 2.45) is 0 Å². The Labute approximate surface area is 115 Å². The molecule has 0 radical (unpaired) electrons. The zero-order valence-corrected chi connectivity index (χ0v) is 12.2. The van der Waals surface area contributed by atoms with Crippen LogP contribution in [0.2, 0.25) is 0 Å². The lowest BCUT2D eigenvalue weighted by Gasteiger charge is -2.38. The summed E-state index contributed by atoms with van der Waals surface area (Å²) in [6.45, 7) is 4.63. The van der Waals surface area contributed by atoms with Crippen LogP contribution >= 0.6 is 23.5 Å². The Balaban J connectivity index is 2.13. The molecule has 1 N–H and O–H groups in total. The molecule has 0 bridgehead atoms. The van der Waals surface area contributed by atoms with Gasteiger partial charge in [0.2, 0.25) is 0 Å². The largest absolute Gasteiger partial charge is 0.480 e. The predicted molar refractivity (Wildman–Crippen MR) is 74.1 cm³/mol. The molecule has 3 unspecified atom stereocenters. The summed E-state index contributed by atoms with van der Waals surface area (Å²) in [6, 6.07) is -0.615. The molecule has 2 amide bonds. The highest BCUT2D eigenvalue weighted by atomic mass is 32.2. The van der Waals surface area contributed by atoms with E-state index in [4.69, 9.17) is 0 Å². The summed E-state index contributed by atoms with van der Waals surface area (Å²) < 4.78 is 0. The van der Waals surface area contributed by atoms with Crippen molar-refractivity contribution in [3.63, 3.8) is 0 Å². The van der Waals surface area contributed by atoms with Gasteiger partial charge in [-0.25, -0.2) is 9.59 Å². The van der Waals surface area contributed by atoms with Gasteiger partial charge < -0.3 is 10.0 Å². The van der Waals surface area contributed by atoms with Gasteiger partial charge >= 0.3 is 12.0 Å². The molecule has 2 aliphatic heterocycles. The van der Waals surface area contributed by atoms with E-state index in [1.807, 2.05) is 30.5 Å². The molecular formula is C11H18N2O3S2.